The Bertz CT molecular complexity index is 1120. The molecule has 0 radical (unpaired) electrons. The third-order valence-electron chi connectivity index (χ3n) is 4.43. The number of alkyl halides is 3. The highest BCUT2D eigenvalue weighted by molar-refractivity contribution is 5.93. The Morgan fingerprint density at radius 1 is 1.00 bits per heavy atom. The number of hydrogen-bond acceptors (Lipinski definition) is 3. The van der Waals surface area contributed by atoms with Gasteiger partial charge in [-0.1, -0.05) is 30.3 Å². The van der Waals surface area contributed by atoms with Crippen LogP contribution in [-0.2, 0) is 11.0 Å². The third-order valence-corrected chi connectivity index (χ3v) is 4.43. The Labute approximate surface area is 174 Å². The molecule has 160 valence electrons. The summed E-state index contributed by atoms with van der Waals surface area (Å²) in [7, 11) is 0. The normalized spacial score (nSPS) is 12.3. The van der Waals surface area contributed by atoms with Crippen LogP contribution in [0.4, 0.5) is 17.6 Å². The van der Waals surface area contributed by atoms with Gasteiger partial charge in [0.15, 0.2) is 0 Å². The van der Waals surface area contributed by atoms with E-state index in [0.29, 0.717) is 0 Å². The zero-order valence-corrected chi connectivity index (χ0v) is 15.9. The van der Waals surface area contributed by atoms with Crippen LogP contribution in [0, 0.1) is 5.82 Å². The zero-order chi connectivity index (χ0) is 22.6. The summed E-state index contributed by atoms with van der Waals surface area (Å²) >= 11 is 0. The zero-order valence-electron chi connectivity index (χ0n) is 15.9. The first-order valence-electron chi connectivity index (χ1n) is 9.07. The molecule has 1 aromatic heterocycles. The van der Waals surface area contributed by atoms with E-state index in [9.17, 15) is 27.2 Å². The molecular weight excluding hydrogens is 416 g/mol. The van der Waals surface area contributed by atoms with Crippen LogP contribution in [0.25, 0.3) is 11.3 Å². The summed E-state index contributed by atoms with van der Waals surface area (Å²) in [6.07, 6.45) is -5.26. The van der Waals surface area contributed by atoms with Crippen molar-refractivity contribution in [2.75, 3.05) is 0 Å². The van der Waals surface area contributed by atoms with Gasteiger partial charge in [0.05, 0.1) is 23.7 Å². The van der Waals surface area contributed by atoms with E-state index in [1.54, 1.807) is 6.07 Å². The molecule has 31 heavy (non-hydrogen) atoms. The number of benzene rings is 2. The lowest BCUT2D eigenvalue weighted by molar-refractivity contribution is -0.138. The van der Waals surface area contributed by atoms with Gasteiger partial charge in [-0.15, -0.1) is 0 Å². The second-order valence-electron chi connectivity index (χ2n) is 6.64. The number of aliphatic carboxylic acids is 1. The van der Waals surface area contributed by atoms with E-state index in [4.69, 9.17) is 5.11 Å². The molecule has 3 rings (SSSR count). The minimum atomic E-state index is -4.62. The van der Waals surface area contributed by atoms with Crippen LogP contribution in [0.15, 0.2) is 66.7 Å². The maximum absolute atomic E-state index is 14.0. The molecule has 0 saturated heterocycles. The maximum Gasteiger partial charge on any atom is 0.416 e. The highest BCUT2D eigenvalue weighted by Gasteiger charge is 2.31. The molecule has 3 aromatic rings. The lowest BCUT2D eigenvalue weighted by Gasteiger charge is -2.19. The first-order valence-corrected chi connectivity index (χ1v) is 9.07. The van der Waals surface area contributed by atoms with E-state index in [1.807, 2.05) is 0 Å². The topological polar surface area (TPSA) is 79.3 Å². The summed E-state index contributed by atoms with van der Waals surface area (Å²) in [4.78, 5) is 28.0. The molecule has 0 aliphatic carbocycles. The second kappa shape index (κ2) is 8.95. The monoisotopic (exact) mass is 432 g/mol. The molecule has 0 aliphatic heterocycles. The van der Waals surface area contributed by atoms with Crippen molar-refractivity contribution < 1.29 is 32.3 Å². The predicted molar refractivity (Wildman–Crippen MR) is 104 cm³/mol. The number of nitrogens with zero attached hydrogens (tertiary/aromatic N) is 1. The highest BCUT2D eigenvalue weighted by Crippen LogP contribution is 2.31. The van der Waals surface area contributed by atoms with E-state index < -0.39 is 41.9 Å². The van der Waals surface area contributed by atoms with Gasteiger partial charge in [-0.3, -0.25) is 9.59 Å². The van der Waals surface area contributed by atoms with E-state index >= 15 is 0 Å². The average molecular weight is 432 g/mol. The lowest BCUT2D eigenvalue weighted by atomic mass is 10.0. The number of amides is 1. The summed E-state index contributed by atoms with van der Waals surface area (Å²) in [5, 5.41) is 11.6. The average Bonchev–Trinajstić information content (AvgIpc) is 2.73. The van der Waals surface area contributed by atoms with E-state index in [2.05, 4.69) is 10.3 Å². The lowest BCUT2D eigenvalue weighted by Crippen LogP contribution is -2.31. The number of halogens is 4. The molecule has 0 spiro atoms. The maximum atomic E-state index is 14.0. The van der Waals surface area contributed by atoms with Crippen LogP contribution in [0.5, 0.6) is 0 Å². The number of carbonyl (C=O) groups excluding carboxylic acids is 1. The largest absolute Gasteiger partial charge is 0.481 e. The molecule has 5 nitrogen and oxygen atoms in total. The van der Waals surface area contributed by atoms with E-state index in [-0.39, 0.29) is 22.5 Å². The minimum absolute atomic E-state index is 0.0177. The molecule has 0 saturated carbocycles. The molecular formula is C22H16F4N2O3. The molecule has 1 atom stereocenters. The van der Waals surface area contributed by atoms with Crippen LogP contribution in [0.1, 0.15) is 34.1 Å². The fourth-order valence-electron chi connectivity index (χ4n) is 2.97. The van der Waals surface area contributed by atoms with Crippen LogP contribution < -0.4 is 5.32 Å². The fraction of sp³-hybridized carbons (Fsp3) is 0.136. The van der Waals surface area contributed by atoms with Gasteiger partial charge in [0.1, 0.15) is 11.5 Å². The Hall–Kier alpha value is -3.75. The summed E-state index contributed by atoms with van der Waals surface area (Å²) in [6.45, 7) is 0. The summed E-state index contributed by atoms with van der Waals surface area (Å²) < 4.78 is 53.1. The van der Waals surface area contributed by atoms with E-state index in [0.717, 1.165) is 18.2 Å². The number of carbonyl (C=O) groups is 2. The number of rotatable bonds is 6. The number of carboxylic acid groups (broad SMARTS) is 1. The summed E-state index contributed by atoms with van der Waals surface area (Å²) in [5.41, 5.74) is -0.773. The summed E-state index contributed by atoms with van der Waals surface area (Å²) in [6, 6.07) is 13.0. The van der Waals surface area contributed by atoms with Crippen molar-refractivity contribution in [3.63, 3.8) is 0 Å². The smallest absolute Gasteiger partial charge is 0.416 e. The molecule has 0 bridgehead atoms. The predicted octanol–water partition coefficient (Wildman–Crippen LogP) is 4.85. The first-order chi connectivity index (χ1) is 14.6. The molecule has 1 heterocycles. The van der Waals surface area contributed by atoms with Gasteiger partial charge in [-0.2, -0.15) is 13.2 Å². The molecule has 0 aliphatic rings. The van der Waals surface area contributed by atoms with Crippen molar-refractivity contribution >= 4 is 11.9 Å². The Kier molecular flexibility index (Phi) is 6.33. The molecule has 1 unspecified atom stereocenters. The van der Waals surface area contributed by atoms with Gasteiger partial charge in [0.2, 0.25) is 0 Å². The van der Waals surface area contributed by atoms with Crippen molar-refractivity contribution in [3.8, 4) is 11.3 Å². The first kappa shape index (κ1) is 21.9. The summed E-state index contributed by atoms with van der Waals surface area (Å²) in [5.74, 6) is -2.65. The van der Waals surface area contributed by atoms with Crippen LogP contribution >= 0.6 is 0 Å². The molecule has 2 aromatic carbocycles. The number of pyridine rings is 1. The number of carboxylic acids is 1. The molecule has 9 heteroatoms. The van der Waals surface area contributed by atoms with Crippen molar-refractivity contribution in [1.82, 2.24) is 10.3 Å². The van der Waals surface area contributed by atoms with Crippen LogP contribution in [0.3, 0.4) is 0 Å². The van der Waals surface area contributed by atoms with Gasteiger partial charge in [-0.25, -0.2) is 9.37 Å². The highest BCUT2D eigenvalue weighted by atomic mass is 19.4. The van der Waals surface area contributed by atoms with Gasteiger partial charge >= 0.3 is 12.1 Å². The Balaban J connectivity index is 1.89. The fourth-order valence-corrected chi connectivity index (χ4v) is 2.97. The van der Waals surface area contributed by atoms with Crippen LogP contribution in [0.2, 0.25) is 0 Å². The number of nitrogens with one attached hydrogen (secondary N) is 1. The van der Waals surface area contributed by atoms with Crippen LogP contribution in [-0.4, -0.2) is 22.0 Å². The van der Waals surface area contributed by atoms with Gasteiger partial charge in [0, 0.05) is 5.56 Å². The Morgan fingerprint density at radius 3 is 2.39 bits per heavy atom. The standard InChI is InChI=1S/C22H16F4N2O3/c23-16-8-2-1-7-15(16)17-9-4-10-18(27-17)21(31)28-19(12-20(29)30)13-5-3-6-14(11-13)22(24,25)26/h1-11,19H,12H2,(H,28,31)(H,29,30). The number of aromatic nitrogens is 1. The van der Waals surface area contributed by atoms with Crippen molar-refractivity contribution in [2.45, 2.75) is 18.6 Å². The molecule has 1 amide bonds. The van der Waals surface area contributed by atoms with Gasteiger partial charge in [0.25, 0.3) is 5.91 Å². The molecule has 0 fully saturated rings. The van der Waals surface area contributed by atoms with Gasteiger partial charge in [-0.05, 0) is 42.0 Å². The second-order valence-corrected chi connectivity index (χ2v) is 6.64. The quantitative estimate of drug-likeness (QED) is 0.546. The molecule has 2 N–H and O–H groups in total. The van der Waals surface area contributed by atoms with E-state index in [1.165, 1.54) is 42.5 Å². The minimum Gasteiger partial charge on any atom is -0.481 e. The SMILES string of the molecule is O=C(O)CC(NC(=O)c1cccc(-c2ccccc2F)n1)c1cccc(C(F)(F)F)c1. The van der Waals surface area contributed by atoms with Crippen molar-refractivity contribution in [1.29, 1.82) is 0 Å². The Morgan fingerprint density at radius 2 is 1.71 bits per heavy atom. The van der Waals surface area contributed by atoms with Crippen molar-refractivity contribution in [2.24, 2.45) is 0 Å². The van der Waals surface area contributed by atoms with Crippen molar-refractivity contribution in [3.05, 3.63) is 89.4 Å². The third kappa shape index (κ3) is 5.44. The number of hydrogen-bond donors (Lipinski definition) is 2. The van der Waals surface area contributed by atoms with Gasteiger partial charge < -0.3 is 10.4 Å².